The Morgan fingerprint density at radius 2 is 1.73 bits per heavy atom. The summed E-state index contributed by atoms with van der Waals surface area (Å²) in [5, 5.41) is 19.7. The Hall–Kier alpha value is -4.14. The van der Waals surface area contributed by atoms with Crippen LogP contribution in [0.15, 0.2) is 53.2 Å². The number of nitrogens with one attached hydrogen (secondary N) is 2. The number of hydrogen-bond acceptors (Lipinski definition) is 10. The Bertz CT molecular complexity index is 1730. The third-order valence-corrected chi connectivity index (χ3v) is 12.5. The molecule has 2 aromatic heterocycles. The van der Waals surface area contributed by atoms with Crippen molar-refractivity contribution in [1.82, 2.24) is 25.4 Å². The van der Waals surface area contributed by atoms with Crippen LogP contribution in [0.4, 0.5) is 0 Å². The second-order valence-electron chi connectivity index (χ2n) is 15.5. The Kier molecular flexibility index (Phi) is 17.0. The van der Waals surface area contributed by atoms with Gasteiger partial charge >= 0.3 is 11.9 Å². The molecule has 1 saturated heterocycles. The number of likely N-dealkylation sites (tertiary alicyclic amines) is 1. The lowest BCUT2D eigenvalue weighted by Crippen LogP contribution is -2.58. The van der Waals surface area contributed by atoms with Crippen molar-refractivity contribution in [2.24, 2.45) is 17.8 Å². The van der Waals surface area contributed by atoms with E-state index in [-0.39, 0.29) is 48.2 Å². The first-order chi connectivity index (χ1) is 26.7. The standard InChI is InChI=1S/C42H59N5O7S2/c1-8-27(4)37(45-39(50)34-18-12-13-19-46(34)7)41(51)47(24-32-17-14-20-55-32)35(26(2)3)23-36(54-29(6)48)40-44-33(25-56-40)38(49)43-31(21-28(5)42(52)53)22-30-15-10-9-11-16-30/h9-11,14-17,20,25-28,31,34-37H,8,12-13,18-19,21-24H2,1-7H3,(H,43,49)(H,45,50)(H,52,53)/t27-,28-,31+,34+,35+,36+,37-/m0/s1. The van der Waals surface area contributed by atoms with Crippen LogP contribution in [-0.4, -0.2) is 87.3 Å². The molecule has 7 atom stereocenters. The third-order valence-electron chi connectivity index (χ3n) is 10.7. The van der Waals surface area contributed by atoms with E-state index in [4.69, 9.17) is 4.74 Å². The lowest BCUT2D eigenvalue weighted by Gasteiger charge is -2.40. The molecule has 12 nitrogen and oxygen atoms in total. The second-order valence-corrected chi connectivity index (χ2v) is 17.4. The van der Waals surface area contributed by atoms with Crippen molar-refractivity contribution < 1.29 is 33.8 Å². The van der Waals surface area contributed by atoms with Gasteiger partial charge in [-0.15, -0.1) is 22.7 Å². The molecule has 14 heteroatoms. The SMILES string of the molecule is CC[C@H](C)[C@H](NC(=O)[C@H]1CCCCN1C)C(=O)N(Cc1cccs1)[C@H](C[C@@H](OC(C)=O)c1nc(C(=O)N[C@@H](Cc2ccccc2)C[C@H](C)C(=O)O)cs1)C(C)C. The molecule has 3 heterocycles. The molecule has 0 radical (unpaired) electrons. The van der Waals surface area contributed by atoms with Gasteiger partial charge < -0.3 is 25.4 Å². The summed E-state index contributed by atoms with van der Waals surface area (Å²) in [6, 6.07) is 11.5. The van der Waals surface area contributed by atoms with Gasteiger partial charge in [-0.05, 0) is 68.1 Å². The van der Waals surface area contributed by atoms with Gasteiger partial charge in [0.1, 0.15) is 16.7 Å². The van der Waals surface area contributed by atoms with E-state index >= 15 is 0 Å². The smallest absolute Gasteiger partial charge is 0.306 e. The summed E-state index contributed by atoms with van der Waals surface area (Å²) in [4.78, 5) is 76.1. The average Bonchev–Trinajstić information content (AvgIpc) is 3.88. The summed E-state index contributed by atoms with van der Waals surface area (Å²) < 4.78 is 5.90. The van der Waals surface area contributed by atoms with Crippen LogP contribution in [-0.2, 0) is 36.9 Å². The molecule has 0 saturated carbocycles. The molecule has 56 heavy (non-hydrogen) atoms. The number of hydrogen-bond donors (Lipinski definition) is 3. The van der Waals surface area contributed by atoms with E-state index in [0.717, 1.165) is 36.2 Å². The van der Waals surface area contributed by atoms with Crippen molar-refractivity contribution in [3.63, 3.8) is 0 Å². The van der Waals surface area contributed by atoms with Gasteiger partial charge in [0.25, 0.3) is 5.91 Å². The van der Waals surface area contributed by atoms with Crippen LogP contribution in [0.2, 0.25) is 0 Å². The maximum absolute atomic E-state index is 14.9. The van der Waals surface area contributed by atoms with E-state index < -0.39 is 48.0 Å². The number of carbonyl (C=O) groups excluding carboxylic acids is 4. The quantitative estimate of drug-likeness (QED) is 0.105. The van der Waals surface area contributed by atoms with E-state index in [9.17, 15) is 29.1 Å². The molecule has 0 bridgehead atoms. The first-order valence-electron chi connectivity index (χ1n) is 19.7. The zero-order valence-electron chi connectivity index (χ0n) is 33.7. The molecule has 0 aliphatic carbocycles. The van der Waals surface area contributed by atoms with Crippen molar-refractivity contribution in [3.8, 4) is 0 Å². The molecular weight excluding hydrogens is 751 g/mol. The lowest BCUT2D eigenvalue weighted by molar-refractivity contribution is -0.150. The summed E-state index contributed by atoms with van der Waals surface area (Å²) in [6.45, 7) is 12.1. The number of esters is 1. The van der Waals surface area contributed by atoms with Gasteiger partial charge in [-0.1, -0.05) is 83.9 Å². The van der Waals surface area contributed by atoms with Gasteiger partial charge in [-0.2, -0.15) is 0 Å². The molecule has 1 aliphatic rings. The molecule has 1 aromatic carbocycles. The van der Waals surface area contributed by atoms with Crippen LogP contribution in [0.5, 0.6) is 0 Å². The summed E-state index contributed by atoms with van der Waals surface area (Å²) in [6.07, 6.45) is 3.42. The predicted octanol–water partition coefficient (Wildman–Crippen LogP) is 6.72. The Morgan fingerprint density at radius 1 is 1.00 bits per heavy atom. The number of nitrogens with zero attached hydrogens (tertiary/aromatic N) is 3. The maximum Gasteiger partial charge on any atom is 0.306 e. The van der Waals surface area contributed by atoms with Crippen molar-refractivity contribution in [2.45, 2.75) is 123 Å². The van der Waals surface area contributed by atoms with E-state index in [1.54, 1.807) is 23.6 Å². The van der Waals surface area contributed by atoms with E-state index in [1.807, 2.05) is 87.5 Å². The van der Waals surface area contributed by atoms with Gasteiger partial charge in [0.05, 0.1) is 18.5 Å². The summed E-state index contributed by atoms with van der Waals surface area (Å²) in [5.74, 6) is -3.19. The highest BCUT2D eigenvalue weighted by Crippen LogP contribution is 2.33. The van der Waals surface area contributed by atoms with Crippen molar-refractivity contribution >= 4 is 52.3 Å². The van der Waals surface area contributed by atoms with Crippen LogP contribution < -0.4 is 10.6 Å². The number of thiazole rings is 1. The van der Waals surface area contributed by atoms with Crippen LogP contribution in [0, 0.1) is 17.8 Å². The highest BCUT2D eigenvalue weighted by atomic mass is 32.1. The molecule has 4 rings (SSSR count). The number of rotatable bonds is 20. The first kappa shape index (κ1) is 44.6. The number of benzene rings is 1. The van der Waals surface area contributed by atoms with Crippen LogP contribution in [0.25, 0.3) is 0 Å². The molecule has 0 unspecified atom stereocenters. The largest absolute Gasteiger partial charge is 0.481 e. The number of piperidine rings is 1. The van der Waals surface area contributed by atoms with Gasteiger partial charge in [-0.25, -0.2) is 4.98 Å². The monoisotopic (exact) mass is 809 g/mol. The number of aromatic nitrogens is 1. The van der Waals surface area contributed by atoms with E-state index in [2.05, 4.69) is 20.5 Å². The number of carboxylic acids is 1. The zero-order valence-corrected chi connectivity index (χ0v) is 35.4. The number of thiophene rings is 1. The fraction of sp³-hybridized carbons (Fsp3) is 0.571. The molecule has 1 fully saturated rings. The Morgan fingerprint density at radius 3 is 2.34 bits per heavy atom. The van der Waals surface area contributed by atoms with E-state index in [0.29, 0.717) is 24.4 Å². The van der Waals surface area contributed by atoms with Crippen molar-refractivity contribution in [2.75, 3.05) is 13.6 Å². The predicted molar refractivity (Wildman–Crippen MR) is 219 cm³/mol. The van der Waals surface area contributed by atoms with Crippen LogP contribution in [0.1, 0.15) is 112 Å². The minimum atomic E-state index is -0.946. The topological polar surface area (TPSA) is 158 Å². The van der Waals surface area contributed by atoms with Crippen molar-refractivity contribution in [3.05, 3.63) is 74.4 Å². The third kappa shape index (κ3) is 12.7. The van der Waals surface area contributed by atoms with Gasteiger partial charge in [0, 0.05) is 35.7 Å². The van der Waals surface area contributed by atoms with Crippen molar-refractivity contribution in [1.29, 1.82) is 0 Å². The van der Waals surface area contributed by atoms with Gasteiger partial charge in [0.15, 0.2) is 6.10 Å². The summed E-state index contributed by atoms with van der Waals surface area (Å²) in [7, 11) is 1.95. The van der Waals surface area contributed by atoms with Gasteiger partial charge in [0.2, 0.25) is 11.8 Å². The zero-order chi connectivity index (χ0) is 40.9. The molecular formula is C42H59N5O7S2. The molecule has 1 aliphatic heterocycles. The first-order valence-corrected chi connectivity index (χ1v) is 21.5. The fourth-order valence-electron chi connectivity index (χ4n) is 7.24. The average molecular weight is 810 g/mol. The number of amides is 3. The molecule has 3 N–H and O–H groups in total. The minimum Gasteiger partial charge on any atom is -0.481 e. The Labute approximate surface area is 339 Å². The minimum absolute atomic E-state index is 0.0903. The highest BCUT2D eigenvalue weighted by molar-refractivity contribution is 7.10. The number of carbonyl (C=O) groups is 5. The van der Waals surface area contributed by atoms with Gasteiger partial charge in [-0.3, -0.25) is 28.9 Å². The van der Waals surface area contributed by atoms with E-state index in [1.165, 1.54) is 18.3 Å². The normalized spacial score (nSPS) is 17.9. The van der Waals surface area contributed by atoms with Crippen LogP contribution >= 0.6 is 22.7 Å². The summed E-state index contributed by atoms with van der Waals surface area (Å²) in [5.41, 5.74) is 1.09. The number of likely N-dealkylation sites (N-methyl/N-ethyl adjacent to an activating group) is 1. The molecule has 3 amide bonds. The highest BCUT2D eigenvalue weighted by Gasteiger charge is 2.39. The second kappa shape index (κ2) is 21.4. The number of carboxylic acid groups (broad SMARTS) is 1. The number of aliphatic carboxylic acids is 1. The molecule has 3 aromatic rings. The summed E-state index contributed by atoms with van der Waals surface area (Å²) >= 11 is 2.73. The maximum atomic E-state index is 14.9. The van der Waals surface area contributed by atoms with Crippen LogP contribution in [0.3, 0.4) is 0 Å². The fourth-order valence-corrected chi connectivity index (χ4v) is 8.79. The molecule has 306 valence electrons. The Balaban J connectivity index is 1.62. The lowest BCUT2D eigenvalue weighted by atomic mass is 9.92. The molecule has 0 spiro atoms. The number of ether oxygens (including phenoxy) is 1.